The second kappa shape index (κ2) is 11.0. The van der Waals surface area contributed by atoms with Crippen LogP contribution in [0.3, 0.4) is 0 Å². The normalized spacial score (nSPS) is 14.3. The highest BCUT2D eigenvalue weighted by molar-refractivity contribution is 7.46. The van der Waals surface area contributed by atoms with E-state index in [2.05, 4.69) is 13.9 Å². The molecule has 0 spiro atoms. The van der Waals surface area contributed by atoms with E-state index in [9.17, 15) is 8.76 Å². The van der Waals surface area contributed by atoms with E-state index in [4.69, 9.17) is 4.89 Å². The Bertz CT molecular complexity index is 173. The van der Waals surface area contributed by atoms with Gasteiger partial charge in [-0.05, 0) is 20.5 Å². The van der Waals surface area contributed by atoms with Crippen LogP contribution in [-0.2, 0) is 9.09 Å². The molecule has 2 atom stereocenters. The van der Waals surface area contributed by atoms with Gasteiger partial charge in [-0.25, -0.2) is 4.57 Å². The van der Waals surface area contributed by atoms with Crippen LogP contribution in [0.2, 0.25) is 0 Å². The molecule has 0 fully saturated rings. The Labute approximate surface area is 94.1 Å². The van der Waals surface area contributed by atoms with Crippen LogP contribution >= 0.6 is 17.3 Å². The van der Waals surface area contributed by atoms with Gasteiger partial charge in [-0.1, -0.05) is 35.6 Å². The van der Waals surface area contributed by atoms with Gasteiger partial charge in [0.1, 0.15) is 0 Å². The van der Waals surface area contributed by atoms with Crippen LogP contribution in [0.25, 0.3) is 0 Å². The van der Waals surface area contributed by atoms with Crippen molar-refractivity contribution in [2.24, 2.45) is 0 Å². The lowest BCUT2D eigenvalue weighted by Gasteiger charge is -2.01. The third kappa shape index (κ3) is 31.4. The Kier molecular flexibility index (Phi) is 13.1. The fourth-order valence-electron chi connectivity index (χ4n) is 0.706. The summed E-state index contributed by atoms with van der Waals surface area (Å²) in [6, 6.07) is 0. The van der Waals surface area contributed by atoms with Crippen molar-refractivity contribution < 1.29 is 18.2 Å². The van der Waals surface area contributed by atoms with Crippen LogP contribution in [0.4, 0.5) is 4.20 Å². The Morgan fingerprint density at radius 1 is 1.40 bits per heavy atom. The molecule has 0 aromatic heterocycles. The molecule has 1 N–H and O–H groups in total. The predicted octanol–water partition coefficient (Wildman–Crippen LogP) is 2.99. The van der Waals surface area contributed by atoms with Crippen molar-refractivity contribution in [1.82, 2.24) is 4.67 Å². The lowest BCUT2D eigenvalue weighted by Crippen LogP contribution is -1.89. The topological polar surface area (TPSA) is 49.8 Å². The first-order valence-corrected chi connectivity index (χ1v) is 6.87. The molecule has 94 valence electrons. The third-order valence-corrected chi connectivity index (χ3v) is 1.75. The average Bonchev–Trinajstić information content (AvgIpc) is 2.01. The molecule has 0 rings (SSSR count). The second-order valence-corrected chi connectivity index (χ2v) is 5.50. The van der Waals surface area contributed by atoms with Crippen molar-refractivity contribution in [1.29, 1.82) is 0 Å². The van der Waals surface area contributed by atoms with Gasteiger partial charge in [-0.15, -0.1) is 4.20 Å². The molecule has 2 unspecified atom stereocenters. The minimum absolute atomic E-state index is 0.0320. The molecule has 0 radical (unpaired) electrons. The number of hydrogen-bond donors (Lipinski definition) is 1. The third-order valence-electron chi connectivity index (χ3n) is 1.25. The van der Waals surface area contributed by atoms with Gasteiger partial charge in [0.2, 0.25) is 0 Å². The first-order valence-electron chi connectivity index (χ1n) is 4.88. The Hall–Kier alpha value is 0.470. The van der Waals surface area contributed by atoms with Gasteiger partial charge >= 0.3 is 7.91 Å². The van der Waals surface area contributed by atoms with E-state index in [-0.39, 0.29) is 6.61 Å². The minimum Gasteiger partial charge on any atom is -0.299 e. The van der Waals surface area contributed by atoms with Crippen LogP contribution in [0, 0.1) is 0 Å². The van der Waals surface area contributed by atoms with Crippen LogP contribution in [-0.4, -0.2) is 30.3 Å². The summed E-state index contributed by atoms with van der Waals surface area (Å²) >= 11 is 0. The van der Waals surface area contributed by atoms with Crippen LogP contribution in [0.1, 0.15) is 32.6 Å². The van der Waals surface area contributed by atoms with E-state index in [0.717, 1.165) is 19.3 Å². The van der Waals surface area contributed by atoms with Crippen molar-refractivity contribution in [3.05, 3.63) is 0 Å². The molecular formula is C8H22FNO3P2. The summed E-state index contributed by atoms with van der Waals surface area (Å²) in [5.74, 6) is 0. The molecule has 15 heavy (non-hydrogen) atoms. The smallest absolute Gasteiger partial charge is 0.299 e. The fraction of sp³-hybridized carbons (Fsp3) is 1.00. The van der Waals surface area contributed by atoms with E-state index >= 15 is 0 Å². The van der Waals surface area contributed by atoms with E-state index in [1.807, 2.05) is 25.7 Å². The number of rotatable bonds is 6. The molecule has 0 saturated carbocycles. The summed E-state index contributed by atoms with van der Waals surface area (Å²) in [6.45, 7) is 2.08. The SMILES string of the molecule is CCCCCCOP(=O)(O)F.CN(C)P. The van der Waals surface area contributed by atoms with Crippen LogP contribution < -0.4 is 0 Å². The molecule has 0 aliphatic carbocycles. The summed E-state index contributed by atoms with van der Waals surface area (Å²) in [6.07, 6.45) is 3.68. The lowest BCUT2D eigenvalue weighted by molar-refractivity contribution is 0.222. The molecular weight excluding hydrogens is 239 g/mol. The number of halogens is 1. The first kappa shape index (κ1) is 17.9. The van der Waals surface area contributed by atoms with Gasteiger partial charge in [-0.3, -0.25) is 14.1 Å². The van der Waals surface area contributed by atoms with Crippen molar-refractivity contribution in [3.63, 3.8) is 0 Å². The maximum Gasteiger partial charge on any atom is 0.510 e. The minimum atomic E-state index is -4.71. The standard InChI is InChI=1S/C6H14FO3P.C2H8NP/c1-2-3-4-5-6-10-11(7,8)9;1-3(2)4/h2-6H2,1H3,(H,8,9);4H2,1-2H3. The second-order valence-electron chi connectivity index (χ2n) is 3.31. The monoisotopic (exact) mass is 261 g/mol. The van der Waals surface area contributed by atoms with Crippen LogP contribution in [0.15, 0.2) is 0 Å². The zero-order valence-corrected chi connectivity index (χ0v) is 11.7. The largest absolute Gasteiger partial charge is 0.510 e. The summed E-state index contributed by atoms with van der Waals surface area (Å²) in [4.78, 5) is 8.04. The van der Waals surface area contributed by atoms with Crippen molar-refractivity contribution in [3.8, 4) is 0 Å². The maximum absolute atomic E-state index is 11.8. The molecule has 0 aromatic rings. The summed E-state index contributed by atoms with van der Waals surface area (Å²) < 4.78 is 27.6. The Balaban J connectivity index is 0. The van der Waals surface area contributed by atoms with Gasteiger partial charge in [-0.2, -0.15) is 0 Å². The molecule has 0 heterocycles. The molecule has 7 heteroatoms. The number of nitrogens with zero attached hydrogens (tertiary/aromatic N) is 1. The van der Waals surface area contributed by atoms with E-state index in [0.29, 0.717) is 6.42 Å². The fourth-order valence-corrected chi connectivity index (χ4v) is 1.06. The molecule has 0 aliphatic heterocycles. The maximum atomic E-state index is 11.8. The molecule has 0 aromatic carbocycles. The van der Waals surface area contributed by atoms with E-state index < -0.39 is 7.91 Å². The zero-order chi connectivity index (χ0) is 12.3. The highest BCUT2D eigenvalue weighted by atomic mass is 31.2. The highest BCUT2D eigenvalue weighted by Crippen LogP contribution is 2.43. The molecule has 0 saturated heterocycles. The molecule has 0 amide bonds. The Morgan fingerprint density at radius 2 is 1.87 bits per heavy atom. The Morgan fingerprint density at radius 3 is 2.20 bits per heavy atom. The van der Waals surface area contributed by atoms with E-state index in [1.54, 1.807) is 0 Å². The van der Waals surface area contributed by atoms with Gasteiger partial charge in [0.25, 0.3) is 0 Å². The average molecular weight is 261 g/mol. The summed E-state index contributed by atoms with van der Waals surface area (Å²) in [5.41, 5.74) is 0. The summed E-state index contributed by atoms with van der Waals surface area (Å²) in [5, 5.41) is 0. The van der Waals surface area contributed by atoms with Gasteiger partial charge in [0, 0.05) is 0 Å². The van der Waals surface area contributed by atoms with Gasteiger partial charge < -0.3 is 0 Å². The van der Waals surface area contributed by atoms with Crippen molar-refractivity contribution in [2.45, 2.75) is 32.6 Å². The lowest BCUT2D eigenvalue weighted by atomic mass is 10.2. The molecule has 4 nitrogen and oxygen atoms in total. The highest BCUT2D eigenvalue weighted by Gasteiger charge is 2.15. The first-order chi connectivity index (χ1) is 6.79. The van der Waals surface area contributed by atoms with Gasteiger partial charge in [0.15, 0.2) is 0 Å². The quantitative estimate of drug-likeness (QED) is 0.590. The van der Waals surface area contributed by atoms with Gasteiger partial charge in [0.05, 0.1) is 6.61 Å². The van der Waals surface area contributed by atoms with E-state index in [1.165, 1.54) is 0 Å². The number of hydrogen-bond acceptors (Lipinski definition) is 3. The van der Waals surface area contributed by atoms with Crippen molar-refractivity contribution in [2.75, 3.05) is 20.7 Å². The van der Waals surface area contributed by atoms with Crippen LogP contribution in [0.5, 0.6) is 0 Å². The molecule has 0 bridgehead atoms. The zero-order valence-electron chi connectivity index (χ0n) is 9.65. The number of unbranched alkanes of at least 4 members (excludes halogenated alkanes) is 3. The molecule has 0 aliphatic rings. The predicted molar refractivity (Wildman–Crippen MR) is 64.4 cm³/mol. The van der Waals surface area contributed by atoms with Crippen molar-refractivity contribution >= 4 is 17.3 Å². The summed E-state index contributed by atoms with van der Waals surface area (Å²) in [7, 11) is 1.70.